The average molecular weight is 228 g/mol. The monoisotopic (exact) mass is 227 g/mol. The predicted octanol–water partition coefficient (Wildman–Crippen LogP) is 3.82. The number of hydrogen-bond donors (Lipinski definition) is 1. The molecule has 0 saturated heterocycles. The van der Waals surface area contributed by atoms with E-state index < -0.39 is 0 Å². The first-order valence-corrected chi connectivity index (χ1v) is 5.89. The van der Waals surface area contributed by atoms with Crippen molar-refractivity contribution in [1.29, 1.82) is 0 Å². The number of halogens is 1. The van der Waals surface area contributed by atoms with E-state index in [1.807, 2.05) is 24.3 Å². The summed E-state index contributed by atoms with van der Waals surface area (Å²) in [7, 11) is 0. The van der Waals surface area contributed by atoms with Crippen LogP contribution in [-0.4, -0.2) is 6.54 Å². The van der Waals surface area contributed by atoms with Gasteiger partial charge in [0.05, 0.1) is 0 Å². The second-order valence-corrected chi connectivity index (χ2v) is 4.03. The highest BCUT2D eigenvalue weighted by molar-refractivity contribution is 7.97. The molecule has 0 fully saturated rings. The molecule has 0 aliphatic rings. The van der Waals surface area contributed by atoms with Crippen molar-refractivity contribution in [2.45, 2.75) is 17.7 Å². The van der Waals surface area contributed by atoms with Crippen LogP contribution in [0.1, 0.15) is 12.8 Å². The van der Waals surface area contributed by atoms with Gasteiger partial charge in [-0.2, -0.15) is 0 Å². The minimum atomic E-state index is 1.00. The van der Waals surface area contributed by atoms with E-state index in [1.165, 1.54) is 4.90 Å². The van der Waals surface area contributed by atoms with E-state index in [9.17, 15) is 0 Å². The third-order valence-electron chi connectivity index (χ3n) is 1.67. The maximum atomic E-state index is 5.40. The highest BCUT2D eigenvalue weighted by Gasteiger charge is 1.90. The maximum absolute atomic E-state index is 5.40. The molecule has 1 aromatic carbocycles. The molecule has 0 aromatic heterocycles. The van der Waals surface area contributed by atoms with Gasteiger partial charge in [-0.15, -0.1) is 0 Å². The van der Waals surface area contributed by atoms with Crippen molar-refractivity contribution in [3.8, 4) is 0 Å². The minimum absolute atomic E-state index is 1.00. The molecule has 0 radical (unpaired) electrons. The fourth-order valence-corrected chi connectivity index (χ4v) is 1.81. The van der Waals surface area contributed by atoms with E-state index in [-0.39, 0.29) is 0 Å². The summed E-state index contributed by atoms with van der Waals surface area (Å²) in [6.07, 6.45) is 4.12. The molecule has 14 heavy (non-hydrogen) atoms. The van der Waals surface area contributed by atoms with Gasteiger partial charge in [-0.1, -0.05) is 35.9 Å². The Kier molecular flexibility index (Phi) is 6.58. The Bertz CT molecular complexity index is 261. The second-order valence-electron chi connectivity index (χ2n) is 2.81. The highest BCUT2D eigenvalue weighted by Crippen LogP contribution is 2.12. The quantitative estimate of drug-likeness (QED) is 0.586. The van der Waals surface area contributed by atoms with Gasteiger partial charge in [-0.3, -0.25) is 4.72 Å². The molecular formula is C11H14ClNS. The normalized spacial score (nSPS) is 10.9. The molecule has 76 valence electrons. The summed E-state index contributed by atoms with van der Waals surface area (Å²) in [6, 6.07) is 10.3. The molecule has 1 N–H and O–H groups in total. The maximum Gasteiger partial charge on any atom is 0.0228 e. The van der Waals surface area contributed by atoms with E-state index in [0.29, 0.717) is 0 Å². The van der Waals surface area contributed by atoms with Crippen molar-refractivity contribution >= 4 is 23.5 Å². The molecule has 0 atom stereocenters. The van der Waals surface area contributed by atoms with Gasteiger partial charge >= 0.3 is 0 Å². The largest absolute Gasteiger partial charge is 0.260 e. The summed E-state index contributed by atoms with van der Waals surface area (Å²) >= 11 is 7.08. The van der Waals surface area contributed by atoms with E-state index in [1.54, 1.807) is 17.5 Å². The zero-order valence-corrected chi connectivity index (χ0v) is 9.52. The van der Waals surface area contributed by atoms with Gasteiger partial charge in [0, 0.05) is 17.0 Å². The Hall–Kier alpha value is -0.440. The molecule has 0 aliphatic heterocycles. The molecule has 0 spiro atoms. The molecule has 1 rings (SSSR count). The van der Waals surface area contributed by atoms with Crippen molar-refractivity contribution in [2.24, 2.45) is 0 Å². The Balaban J connectivity index is 2.05. The molecule has 0 unspecified atom stereocenters. The SMILES string of the molecule is Cl/C=C\CCCNSc1ccccc1. The first-order valence-electron chi connectivity index (χ1n) is 4.63. The lowest BCUT2D eigenvalue weighted by atomic mass is 10.3. The molecule has 3 heteroatoms. The average Bonchev–Trinajstić information content (AvgIpc) is 2.25. The smallest absolute Gasteiger partial charge is 0.0228 e. The third-order valence-corrected chi connectivity index (χ3v) is 2.71. The molecule has 0 saturated carbocycles. The summed E-state index contributed by atoms with van der Waals surface area (Å²) in [5, 5.41) is 0. The summed E-state index contributed by atoms with van der Waals surface area (Å²) in [5.74, 6) is 0. The van der Waals surface area contributed by atoms with Crippen molar-refractivity contribution < 1.29 is 0 Å². The van der Waals surface area contributed by atoms with Gasteiger partial charge in [0.1, 0.15) is 0 Å². The zero-order chi connectivity index (χ0) is 10.1. The van der Waals surface area contributed by atoms with Crippen LogP contribution in [0.25, 0.3) is 0 Å². The Labute approximate surface area is 94.7 Å². The lowest BCUT2D eigenvalue weighted by Gasteiger charge is -2.01. The van der Waals surface area contributed by atoms with Gasteiger partial charge in [0.2, 0.25) is 0 Å². The van der Waals surface area contributed by atoms with Crippen LogP contribution in [0.4, 0.5) is 0 Å². The van der Waals surface area contributed by atoms with E-state index in [4.69, 9.17) is 11.6 Å². The number of rotatable bonds is 6. The number of allylic oxidation sites excluding steroid dienone is 1. The number of nitrogens with one attached hydrogen (secondary N) is 1. The Morgan fingerprint density at radius 3 is 2.79 bits per heavy atom. The summed E-state index contributed by atoms with van der Waals surface area (Å²) in [5.41, 5.74) is 1.57. The summed E-state index contributed by atoms with van der Waals surface area (Å²) < 4.78 is 3.30. The fraction of sp³-hybridized carbons (Fsp3) is 0.273. The molecule has 1 nitrogen and oxygen atoms in total. The van der Waals surface area contributed by atoms with Gasteiger partial charge in [0.15, 0.2) is 0 Å². The van der Waals surface area contributed by atoms with Crippen LogP contribution < -0.4 is 4.72 Å². The van der Waals surface area contributed by atoms with Crippen LogP contribution in [-0.2, 0) is 0 Å². The minimum Gasteiger partial charge on any atom is -0.260 e. The molecule has 0 bridgehead atoms. The van der Waals surface area contributed by atoms with Gasteiger partial charge in [-0.25, -0.2) is 0 Å². The van der Waals surface area contributed by atoms with Crippen LogP contribution in [0.3, 0.4) is 0 Å². The van der Waals surface area contributed by atoms with Crippen LogP contribution in [0.15, 0.2) is 46.8 Å². The van der Waals surface area contributed by atoms with Crippen molar-refractivity contribution in [3.63, 3.8) is 0 Å². The number of benzene rings is 1. The van der Waals surface area contributed by atoms with Gasteiger partial charge < -0.3 is 0 Å². The number of hydrogen-bond acceptors (Lipinski definition) is 2. The molecular weight excluding hydrogens is 214 g/mol. The zero-order valence-electron chi connectivity index (χ0n) is 7.95. The molecule has 1 aromatic rings. The van der Waals surface area contributed by atoms with E-state index >= 15 is 0 Å². The number of unbranched alkanes of at least 4 members (excludes halogenated alkanes) is 1. The standard InChI is InChI=1S/C11H14ClNS/c12-9-5-2-6-10-13-14-11-7-3-1-4-8-11/h1,3-5,7-9,13H,2,6,10H2/b9-5-. The van der Waals surface area contributed by atoms with E-state index in [0.717, 1.165) is 19.4 Å². The van der Waals surface area contributed by atoms with Crippen molar-refractivity contribution in [3.05, 3.63) is 41.9 Å². The Morgan fingerprint density at radius 1 is 1.29 bits per heavy atom. The first kappa shape index (κ1) is 11.6. The second kappa shape index (κ2) is 7.92. The highest BCUT2D eigenvalue weighted by atomic mass is 35.5. The lowest BCUT2D eigenvalue weighted by molar-refractivity contribution is 0.816. The van der Waals surface area contributed by atoms with Gasteiger partial charge in [-0.05, 0) is 36.9 Å². The van der Waals surface area contributed by atoms with Crippen LogP contribution in [0.5, 0.6) is 0 Å². The topological polar surface area (TPSA) is 12.0 Å². The fourth-order valence-electron chi connectivity index (χ4n) is 0.978. The van der Waals surface area contributed by atoms with Gasteiger partial charge in [0.25, 0.3) is 0 Å². The van der Waals surface area contributed by atoms with Crippen LogP contribution >= 0.6 is 23.5 Å². The van der Waals surface area contributed by atoms with Crippen LogP contribution in [0, 0.1) is 0 Å². The summed E-state index contributed by atoms with van der Waals surface area (Å²) in [4.78, 5) is 1.25. The van der Waals surface area contributed by atoms with Crippen molar-refractivity contribution in [2.75, 3.05) is 6.54 Å². The van der Waals surface area contributed by atoms with Crippen molar-refractivity contribution in [1.82, 2.24) is 4.72 Å². The summed E-state index contributed by atoms with van der Waals surface area (Å²) in [6.45, 7) is 1.00. The molecule has 0 amide bonds. The van der Waals surface area contributed by atoms with Crippen LogP contribution in [0.2, 0.25) is 0 Å². The Morgan fingerprint density at radius 2 is 2.07 bits per heavy atom. The van der Waals surface area contributed by atoms with E-state index in [2.05, 4.69) is 16.9 Å². The lowest BCUT2D eigenvalue weighted by Crippen LogP contribution is -2.04. The molecule has 0 aliphatic carbocycles. The first-order chi connectivity index (χ1) is 6.93. The molecule has 0 heterocycles. The predicted molar refractivity (Wildman–Crippen MR) is 64.5 cm³/mol. The third kappa shape index (κ3) is 5.32.